The summed E-state index contributed by atoms with van der Waals surface area (Å²) in [6.45, 7) is 2.04. The molecule has 1 aromatic rings. The molecular weight excluding hydrogens is 279 g/mol. The van der Waals surface area contributed by atoms with Gasteiger partial charge in [0.25, 0.3) is 0 Å². The van der Waals surface area contributed by atoms with E-state index >= 15 is 0 Å². The smallest absolute Gasteiger partial charge is 0.335 e. The highest BCUT2D eigenvalue weighted by Gasteiger charge is 2.05. The molecule has 0 heterocycles. The van der Waals surface area contributed by atoms with Gasteiger partial charge in [0.05, 0.1) is 5.56 Å². The number of rotatable bonds is 3. The summed E-state index contributed by atoms with van der Waals surface area (Å²) in [6.07, 6.45) is 0.888. The first-order chi connectivity index (χ1) is 6.19. The van der Waals surface area contributed by atoms with E-state index in [1.165, 1.54) is 5.56 Å². The number of carboxylic acids is 1. The van der Waals surface area contributed by atoms with Crippen molar-refractivity contribution in [3.63, 3.8) is 0 Å². The SMILES string of the molecule is CCc1cc(C(=O)O)ccc1CI. The molecule has 0 saturated heterocycles. The second-order valence-corrected chi connectivity index (χ2v) is 3.54. The summed E-state index contributed by atoms with van der Waals surface area (Å²) in [5.74, 6) is -0.852. The van der Waals surface area contributed by atoms with Crippen molar-refractivity contribution in [1.29, 1.82) is 0 Å². The maximum atomic E-state index is 10.7. The number of alkyl halides is 1. The van der Waals surface area contributed by atoms with Gasteiger partial charge in [-0.15, -0.1) is 0 Å². The van der Waals surface area contributed by atoms with Crippen LogP contribution in [0.25, 0.3) is 0 Å². The predicted molar refractivity (Wildman–Crippen MR) is 60.5 cm³/mol. The van der Waals surface area contributed by atoms with E-state index in [0.29, 0.717) is 5.56 Å². The monoisotopic (exact) mass is 290 g/mol. The van der Waals surface area contributed by atoms with Crippen LogP contribution in [-0.4, -0.2) is 11.1 Å². The highest BCUT2D eigenvalue weighted by Crippen LogP contribution is 2.16. The summed E-state index contributed by atoms with van der Waals surface area (Å²) in [4.78, 5) is 10.7. The standard InChI is InChI=1S/C10H11IO2/c1-2-7-5-8(10(12)13)3-4-9(7)6-11/h3-5H,2,6H2,1H3,(H,12,13). The van der Waals surface area contributed by atoms with Gasteiger partial charge >= 0.3 is 5.97 Å². The molecule has 0 atom stereocenters. The van der Waals surface area contributed by atoms with Gasteiger partial charge < -0.3 is 5.11 Å². The zero-order valence-electron chi connectivity index (χ0n) is 7.38. The summed E-state index contributed by atoms with van der Waals surface area (Å²) in [5, 5.41) is 8.77. The molecule has 2 nitrogen and oxygen atoms in total. The van der Waals surface area contributed by atoms with Gasteiger partial charge in [-0.3, -0.25) is 0 Å². The molecule has 0 bridgehead atoms. The number of carboxylic acid groups (broad SMARTS) is 1. The molecule has 1 N–H and O–H groups in total. The van der Waals surface area contributed by atoms with E-state index in [-0.39, 0.29) is 0 Å². The molecule has 0 spiro atoms. The topological polar surface area (TPSA) is 37.3 Å². The normalized spacial score (nSPS) is 10.0. The lowest BCUT2D eigenvalue weighted by Gasteiger charge is -2.05. The lowest BCUT2D eigenvalue weighted by Crippen LogP contribution is -1.99. The van der Waals surface area contributed by atoms with E-state index in [0.717, 1.165) is 16.4 Å². The van der Waals surface area contributed by atoms with Gasteiger partial charge in [-0.1, -0.05) is 35.6 Å². The summed E-state index contributed by atoms with van der Waals surface area (Å²) >= 11 is 2.28. The molecule has 3 heteroatoms. The van der Waals surface area contributed by atoms with Crippen LogP contribution in [0.1, 0.15) is 28.4 Å². The molecular formula is C10H11IO2. The number of benzene rings is 1. The zero-order valence-corrected chi connectivity index (χ0v) is 9.54. The van der Waals surface area contributed by atoms with Crippen molar-refractivity contribution < 1.29 is 9.90 Å². The molecule has 1 rings (SSSR count). The first-order valence-electron chi connectivity index (χ1n) is 4.10. The summed E-state index contributed by atoms with van der Waals surface area (Å²) in [6, 6.07) is 5.32. The Morgan fingerprint density at radius 2 is 2.15 bits per heavy atom. The van der Waals surface area contributed by atoms with Crippen molar-refractivity contribution in [2.45, 2.75) is 17.8 Å². The molecule has 13 heavy (non-hydrogen) atoms. The van der Waals surface area contributed by atoms with Crippen molar-refractivity contribution in [1.82, 2.24) is 0 Å². The minimum atomic E-state index is -0.852. The Morgan fingerprint density at radius 3 is 2.62 bits per heavy atom. The van der Waals surface area contributed by atoms with Crippen molar-refractivity contribution >= 4 is 28.6 Å². The number of hydrogen-bond acceptors (Lipinski definition) is 1. The fourth-order valence-corrected chi connectivity index (χ4v) is 1.96. The third-order valence-electron chi connectivity index (χ3n) is 1.98. The van der Waals surface area contributed by atoms with Gasteiger partial charge in [-0.25, -0.2) is 4.79 Å². The van der Waals surface area contributed by atoms with E-state index in [9.17, 15) is 4.79 Å². The molecule has 0 saturated carbocycles. The summed E-state index contributed by atoms with van der Waals surface area (Å²) in [7, 11) is 0. The maximum absolute atomic E-state index is 10.7. The van der Waals surface area contributed by atoms with Crippen molar-refractivity contribution in [3.05, 3.63) is 34.9 Å². The number of aryl methyl sites for hydroxylation is 1. The Morgan fingerprint density at radius 1 is 1.46 bits per heavy atom. The van der Waals surface area contributed by atoms with Gasteiger partial charge in [0.15, 0.2) is 0 Å². The fourth-order valence-electron chi connectivity index (χ4n) is 1.22. The van der Waals surface area contributed by atoms with Crippen molar-refractivity contribution in [2.24, 2.45) is 0 Å². The largest absolute Gasteiger partial charge is 0.478 e. The van der Waals surface area contributed by atoms with Crippen molar-refractivity contribution in [3.8, 4) is 0 Å². The van der Waals surface area contributed by atoms with Gasteiger partial charge in [0.2, 0.25) is 0 Å². The van der Waals surface area contributed by atoms with Gasteiger partial charge in [0.1, 0.15) is 0 Å². The van der Waals surface area contributed by atoms with E-state index in [1.807, 2.05) is 13.0 Å². The lowest BCUT2D eigenvalue weighted by molar-refractivity contribution is 0.0697. The molecule has 0 radical (unpaired) electrons. The van der Waals surface area contributed by atoms with E-state index < -0.39 is 5.97 Å². The molecule has 0 aliphatic carbocycles. The van der Waals surface area contributed by atoms with Crippen LogP contribution in [0.15, 0.2) is 18.2 Å². The molecule has 1 aromatic carbocycles. The first-order valence-corrected chi connectivity index (χ1v) is 5.62. The first kappa shape index (κ1) is 10.5. The van der Waals surface area contributed by atoms with E-state index in [2.05, 4.69) is 22.6 Å². The molecule has 0 unspecified atom stereocenters. The van der Waals surface area contributed by atoms with E-state index in [1.54, 1.807) is 12.1 Å². The number of aromatic carboxylic acids is 1. The van der Waals surface area contributed by atoms with Crippen LogP contribution in [0, 0.1) is 0 Å². The third kappa shape index (κ3) is 2.43. The number of hydrogen-bond donors (Lipinski definition) is 1. The van der Waals surface area contributed by atoms with Crippen molar-refractivity contribution in [2.75, 3.05) is 0 Å². The third-order valence-corrected chi connectivity index (χ3v) is 2.80. The quantitative estimate of drug-likeness (QED) is 0.686. The molecule has 0 aliphatic rings. The Kier molecular flexibility index (Phi) is 3.71. The number of halogens is 1. The highest BCUT2D eigenvalue weighted by molar-refractivity contribution is 14.1. The minimum absolute atomic E-state index is 0.380. The molecule has 0 amide bonds. The minimum Gasteiger partial charge on any atom is -0.478 e. The molecule has 0 aliphatic heterocycles. The Balaban J connectivity index is 3.13. The second-order valence-electron chi connectivity index (χ2n) is 2.78. The second kappa shape index (κ2) is 4.60. The Hall–Kier alpha value is -0.580. The van der Waals surface area contributed by atoms with Crippen LogP contribution in [0.2, 0.25) is 0 Å². The average Bonchev–Trinajstić information content (AvgIpc) is 2.16. The van der Waals surface area contributed by atoms with Gasteiger partial charge in [-0.05, 0) is 29.7 Å². The summed E-state index contributed by atoms with van der Waals surface area (Å²) in [5.41, 5.74) is 2.74. The predicted octanol–water partition coefficient (Wildman–Crippen LogP) is 2.88. The molecule has 0 fully saturated rings. The summed E-state index contributed by atoms with van der Waals surface area (Å²) < 4.78 is 0.931. The van der Waals surface area contributed by atoms with Crippen LogP contribution < -0.4 is 0 Å². The lowest BCUT2D eigenvalue weighted by atomic mass is 10.0. The Bertz CT molecular complexity index is 321. The highest BCUT2D eigenvalue weighted by atomic mass is 127. The van der Waals surface area contributed by atoms with E-state index in [4.69, 9.17) is 5.11 Å². The maximum Gasteiger partial charge on any atom is 0.335 e. The number of carbonyl (C=O) groups is 1. The van der Waals surface area contributed by atoms with Gasteiger partial charge in [-0.2, -0.15) is 0 Å². The Labute approximate surface area is 91.1 Å². The zero-order chi connectivity index (χ0) is 9.84. The van der Waals surface area contributed by atoms with Crippen LogP contribution in [0.3, 0.4) is 0 Å². The molecule has 70 valence electrons. The van der Waals surface area contributed by atoms with Crippen LogP contribution in [0.5, 0.6) is 0 Å². The van der Waals surface area contributed by atoms with Crippen LogP contribution in [0.4, 0.5) is 0 Å². The van der Waals surface area contributed by atoms with Crippen LogP contribution in [-0.2, 0) is 10.8 Å². The average molecular weight is 290 g/mol. The van der Waals surface area contributed by atoms with Gasteiger partial charge in [0, 0.05) is 4.43 Å². The molecule has 0 aromatic heterocycles. The van der Waals surface area contributed by atoms with Crippen LogP contribution >= 0.6 is 22.6 Å². The fraction of sp³-hybridized carbons (Fsp3) is 0.300.